The Morgan fingerprint density at radius 2 is 2.25 bits per heavy atom. The Morgan fingerprint density at radius 3 is 2.95 bits per heavy atom. The number of nitrogens with two attached hydrogens (primary N) is 1. The predicted molar refractivity (Wildman–Crippen MR) is 81.3 cm³/mol. The largest absolute Gasteiger partial charge is 0.368 e. The monoisotopic (exact) mass is 295 g/mol. The highest BCUT2D eigenvalue weighted by molar-refractivity contribution is 7.18. The summed E-state index contributed by atoms with van der Waals surface area (Å²) >= 11 is 1.52. The van der Waals surface area contributed by atoms with Crippen LogP contribution in [0.15, 0.2) is 6.07 Å². The molecule has 6 heteroatoms. The fourth-order valence-corrected chi connectivity index (χ4v) is 3.61. The highest BCUT2D eigenvalue weighted by Gasteiger charge is 2.20. The second kappa shape index (κ2) is 6.74. The number of primary amides is 1. The molecule has 1 aromatic heterocycles. The Bertz CT molecular complexity index is 499. The van der Waals surface area contributed by atoms with Gasteiger partial charge in [0.1, 0.15) is 0 Å². The molecule has 0 unspecified atom stereocenters. The van der Waals surface area contributed by atoms with Gasteiger partial charge < -0.3 is 16.0 Å². The number of carbonyl (C=O) groups is 2. The predicted octanol–water partition coefficient (Wildman–Crippen LogP) is 1.52. The number of fused-ring (bicyclic) bond motifs is 1. The average Bonchev–Trinajstić information content (AvgIpc) is 2.75. The van der Waals surface area contributed by atoms with E-state index in [9.17, 15) is 9.59 Å². The van der Waals surface area contributed by atoms with Gasteiger partial charge in [-0.2, -0.15) is 0 Å². The first-order valence-electron chi connectivity index (χ1n) is 7.06. The van der Waals surface area contributed by atoms with Gasteiger partial charge in [-0.15, -0.1) is 11.3 Å². The number of anilines is 1. The molecule has 5 nitrogen and oxygen atoms in total. The van der Waals surface area contributed by atoms with E-state index in [2.05, 4.69) is 17.1 Å². The van der Waals surface area contributed by atoms with E-state index in [1.165, 1.54) is 28.3 Å². The maximum Gasteiger partial charge on any atom is 0.261 e. The lowest BCUT2D eigenvalue weighted by atomic mass is 10.1. The summed E-state index contributed by atoms with van der Waals surface area (Å²) in [5, 5.41) is 3.76. The number of thiophene rings is 1. The van der Waals surface area contributed by atoms with Gasteiger partial charge >= 0.3 is 0 Å². The fourth-order valence-electron chi connectivity index (χ4n) is 2.44. The highest BCUT2D eigenvalue weighted by atomic mass is 32.1. The molecular weight excluding hydrogens is 274 g/mol. The van der Waals surface area contributed by atoms with E-state index in [-0.39, 0.29) is 12.5 Å². The van der Waals surface area contributed by atoms with Gasteiger partial charge in [0.05, 0.1) is 16.4 Å². The average molecular weight is 295 g/mol. The molecule has 3 N–H and O–H groups in total. The van der Waals surface area contributed by atoms with Crippen LogP contribution in [0.2, 0.25) is 0 Å². The van der Waals surface area contributed by atoms with Gasteiger partial charge in [-0.3, -0.25) is 9.59 Å². The Balaban J connectivity index is 2.15. The molecule has 110 valence electrons. The van der Waals surface area contributed by atoms with Crippen LogP contribution in [0.1, 0.15) is 41.4 Å². The summed E-state index contributed by atoms with van der Waals surface area (Å²) in [7, 11) is 0. The van der Waals surface area contributed by atoms with Crippen LogP contribution < -0.4 is 16.0 Å². The van der Waals surface area contributed by atoms with E-state index in [1.54, 1.807) is 0 Å². The summed E-state index contributed by atoms with van der Waals surface area (Å²) in [6.45, 7) is 4.14. The maximum absolute atomic E-state index is 12.0. The van der Waals surface area contributed by atoms with E-state index in [1.807, 2.05) is 6.07 Å². The molecule has 0 radical (unpaired) electrons. The van der Waals surface area contributed by atoms with E-state index in [0.29, 0.717) is 4.88 Å². The molecule has 1 aromatic rings. The van der Waals surface area contributed by atoms with E-state index in [0.717, 1.165) is 32.4 Å². The minimum absolute atomic E-state index is 0.111. The van der Waals surface area contributed by atoms with Crippen molar-refractivity contribution in [1.82, 2.24) is 5.32 Å². The zero-order valence-electron chi connectivity index (χ0n) is 11.8. The van der Waals surface area contributed by atoms with Crippen LogP contribution in [-0.4, -0.2) is 31.4 Å². The first kappa shape index (κ1) is 14.8. The lowest BCUT2D eigenvalue weighted by molar-refractivity contribution is -0.117. The smallest absolute Gasteiger partial charge is 0.261 e. The molecular formula is C14H21N3O2S. The van der Waals surface area contributed by atoms with Crippen molar-refractivity contribution in [1.29, 1.82) is 0 Å². The molecule has 0 spiro atoms. The third-order valence-electron chi connectivity index (χ3n) is 3.34. The number of hydrogen-bond acceptors (Lipinski definition) is 4. The van der Waals surface area contributed by atoms with Gasteiger partial charge in [0, 0.05) is 13.1 Å². The van der Waals surface area contributed by atoms with Crippen LogP contribution >= 0.6 is 11.3 Å². The maximum atomic E-state index is 12.0. The lowest BCUT2D eigenvalue weighted by Gasteiger charge is -2.21. The molecule has 0 aromatic carbocycles. The van der Waals surface area contributed by atoms with E-state index >= 15 is 0 Å². The van der Waals surface area contributed by atoms with Crippen molar-refractivity contribution in [2.75, 3.05) is 24.5 Å². The molecule has 0 fully saturated rings. The van der Waals surface area contributed by atoms with Crippen molar-refractivity contribution < 1.29 is 9.59 Å². The van der Waals surface area contributed by atoms with Crippen molar-refractivity contribution in [3.8, 4) is 0 Å². The molecule has 0 saturated heterocycles. The molecule has 2 rings (SSSR count). The van der Waals surface area contributed by atoms with Gasteiger partial charge in [-0.1, -0.05) is 6.92 Å². The second-order valence-electron chi connectivity index (χ2n) is 5.03. The number of carbonyl (C=O) groups excluding carboxylic acids is 2. The molecule has 0 saturated carbocycles. The van der Waals surface area contributed by atoms with Crippen LogP contribution in [0.5, 0.6) is 0 Å². The molecule has 20 heavy (non-hydrogen) atoms. The Kier molecular flexibility index (Phi) is 5.00. The molecule has 0 bridgehead atoms. The van der Waals surface area contributed by atoms with Crippen LogP contribution in [0.25, 0.3) is 0 Å². The van der Waals surface area contributed by atoms with E-state index in [4.69, 9.17) is 5.73 Å². The van der Waals surface area contributed by atoms with Crippen LogP contribution in [0.4, 0.5) is 5.00 Å². The lowest BCUT2D eigenvalue weighted by Crippen LogP contribution is -2.32. The first-order valence-corrected chi connectivity index (χ1v) is 7.87. The third-order valence-corrected chi connectivity index (χ3v) is 4.58. The van der Waals surface area contributed by atoms with Gasteiger partial charge in [-0.25, -0.2) is 0 Å². The number of amides is 2. The number of aryl methyl sites for hydroxylation is 1. The number of nitrogens with zero attached hydrogens (tertiary/aromatic N) is 1. The summed E-state index contributed by atoms with van der Waals surface area (Å²) in [5.74, 6) is -0.734. The van der Waals surface area contributed by atoms with Crippen molar-refractivity contribution >= 4 is 28.2 Å². The Labute approximate surface area is 123 Å². The molecule has 1 aliphatic heterocycles. The zero-order valence-corrected chi connectivity index (χ0v) is 12.6. The summed E-state index contributed by atoms with van der Waals surface area (Å²) in [5.41, 5.74) is 6.29. The van der Waals surface area contributed by atoms with Crippen LogP contribution in [0, 0.1) is 0 Å². The van der Waals surface area contributed by atoms with E-state index < -0.39 is 5.91 Å². The minimum atomic E-state index is -0.524. The number of rotatable bonds is 5. The van der Waals surface area contributed by atoms with Crippen LogP contribution in [-0.2, 0) is 11.2 Å². The van der Waals surface area contributed by atoms with Gasteiger partial charge in [0.15, 0.2) is 0 Å². The molecule has 1 aliphatic rings. The summed E-state index contributed by atoms with van der Waals surface area (Å²) < 4.78 is 0. The third kappa shape index (κ3) is 3.50. The Morgan fingerprint density at radius 1 is 1.45 bits per heavy atom. The van der Waals surface area contributed by atoms with Gasteiger partial charge in [-0.05, 0) is 37.3 Å². The van der Waals surface area contributed by atoms with Crippen LogP contribution in [0.3, 0.4) is 0 Å². The van der Waals surface area contributed by atoms with Crippen molar-refractivity contribution in [3.63, 3.8) is 0 Å². The molecule has 2 heterocycles. The number of nitrogens with one attached hydrogen (secondary N) is 1. The number of hydrogen-bond donors (Lipinski definition) is 2. The molecule has 0 aliphatic carbocycles. The minimum Gasteiger partial charge on any atom is -0.368 e. The summed E-state index contributed by atoms with van der Waals surface area (Å²) in [4.78, 5) is 25.7. The summed E-state index contributed by atoms with van der Waals surface area (Å²) in [6.07, 6.45) is 4.48. The van der Waals surface area contributed by atoms with Gasteiger partial charge in [0.2, 0.25) is 5.91 Å². The second-order valence-corrected chi connectivity index (χ2v) is 6.06. The highest BCUT2D eigenvalue weighted by Crippen LogP contribution is 2.35. The van der Waals surface area contributed by atoms with Crippen molar-refractivity contribution in [2.45, 2.75) is 32.6 Å². The molecule has 2 amide bonds. The summed E-state index contributed by atoms with van der Waals surface area (Å²) in [6, 6.07) is 1.96. The van der Waals surface area contributed by atoms with Crippen molar-refractivity contribution in [3.05, 3.63) is 16.5 Å². The Hall–Kier alpha value is -1.56. The SMILES string of the molecule is CCCN1CCCCc2cc(C(=O)NCC(N)=O)sc21. The fraction of sp³-hybridized carbons (Fsp3) is 0.571. The zero-order chi connectivity index (χ0) is 14.5. The molecule has 0 atom stereocenters. The van der Waals surface area contributed by atoms with Crippen molar-refractivity contribution in [2.24, 2.45) is 5.73 Å². The van der Waals surface area contributed by atoms with Gasteiger partial charge in [0.25, 0.3) is 5.91 Å². The standard InChI is InChI=1S/C14H21N3O2S/c1-2-6-17-7-4-3-5-10-8-11(20-14(10)17)13(19)16-9-12(15)18/h8H,2-7,9H2,1H3,(H2,15,18)(H,16,19). The topological polar surface area (TPSA) is 75.4 Å². The quantitative estimate of drug-likeness (QED) is 0.864. The first-order chi connectivity index (χ1) is 9.61. The normalized spacial score (nSPS) is 14.6.